The second-order valence-corrected chi connectivity index (χ2v) is 8.04. The zero-order chi connectivity index (χ0) is 11.6. The Morgan fingerprint density at radius 1 is 1.29 bits per heavy atom. The number of carbonyl (C=O) groups excluding carboxylic acids is 1. The summed E-state index contributed by atoms with van der Waals surface area (Å²) in [6, 6.07) is 0. The van der Waals surface area contributed by atoms with Crippen molar-refractivity contribution < 1.29 is 4.79 Å². The largest absolute Gasteiger partial charge is 0.351 e. The molecule has 0 spiro atoms. The first-order valence-electron chi connectivity index (χ1n) is 5.09. The van der Waals surface area contributed by atoms with Gasteiger partial charge in [-0.2, -0.15) is 0 Å². The van der Waals surface area contributed by atoms with Crippen molar-refractivity contribution in [3.8, 4) is 0 Å². The molecule has 0 aromatic rings. The highest BCUT2D eigenvalue weighted by Crippen LogP contribution is 2.30. The van der Waals surface area contributed by atoms with Crippen LogP contribution in [-0.4, -0.2) is 14.9 Å². The number of hydrogen-bond acceptors (Lipinski definition) is 1. The average Bonchev–Trinajstić information content (AvgIpc) is 1.79. The van der Waals surface area contributed by atoms with Crippen LogP contribution in [0.4, 0.5) is 0 Å². The monoisotopic (exact) mass is 311 g/mol. The van der Waals surface area contributed by atoms with Gasteiger partial charge in [-0.1, -0.05) is 43.4 Å². The Kier molecular flexibility index (Phi) is 4.88. The molecule has 0 fully saturated rings. The highest BCUT2D eigenvalue weighted by molar-refractivity contribution is 14.1. The maximum atomic E-state index is 11.9. The number of halogens is 1. The molecule has 0 saturated heterocycles. The molecule has 0 saturated carbocycles. The average molecular weight is 311 g/mol. The molecule has 1 unspecified atom stereocenters. The smallest absolute Gasteiger partial charge is 0.224 e. The molecule has 0 bridgehead atoms. The summed E-state index contributed by atoms with van der Waals surface area (Å²) in [5.41, 5.74) is -0.133. The van der Waals surface area contributed by atoms with Crippen molar-refractivity contribution >= 4 is 28.5 Å². The molecular formula is C11H22INO. The van der Waals surface area contributed by atoms with E-state index < -0.39 is 0 Å². The summed E-state index contributed by atoms with van der Waals surface area (Å²) < 4.78 is 0.0157. The van der Waals surface area contributed by atoms with E-state index in [0.717, 1.165) is 6.42 Å². The third-order valence-corrected chi connectivity index (χ3v) is 2.80. The van der Waals surface area contributed by atoms with Gasteiger partial charge in [0.15, 0.2) is 0 Å². The fourth-order valence-electron chi connectivity index (χ4n) is 1.44. The van der Waals surface area contributed by atoms with E-state index in [2.05, 4.69) is 48.7 Å². The van der Waals surface area contributed by atoms with Gasteiger partial charge in [0.2, 0.25) is 5.91 Å². The first-order valence-corrected chi connectivity index (χ1v) is 6.16. The number of nitrogens with one attached hydrogen (secondary N) is 1. The van der Waals surface area contributed by atoms with Gasteiger partial charge in [-0.15, -0.1) is 0 Å². The lowest BCUT2D eigenvalue weighted by atomic mass is 9.91. The minimum atomic E-state index is -0.133. The first kappa shape index (κ1) is 14.2. The van der Waals surface area contributed by atoms with E-state index in [0.29, 0.717) is 0 Å². The zero-order valence-corrected chi connectivity index (χ0v) is 12.2. The van der Waals surface area contributed by atoms with Crippen LogP contribution in [0.2, 0.25) is 0 Å². The summed E-state index contributed by atoms with van der Waals surface area (Å²) in [5, 5.41) is 3.03. The maximum absolute atomic E-state index is 11.9. The molecule has 1 N–H and O–H groups in total. The molecule has 0 aliphatic carbocycles. The van der Waals surface area contributed by atoms with Crippen LogP contribution >= 0.6 is 22.6 Å². The van der Waals surface area contributed by atoms with Crippen molar-refractivity contribution in [2.24, 2.45) is 5.92 Å². The molecular weight excluding hydrogens is 289 g/mol. The zero-order valence-electron chi connectivity index (χ0n) is 10.1. The van der Waals surface area contributed by atoms with Gasteiger partial charge in [0, 0.05) is 8.96 Å². The van der Waals surface area contributed by atoms with Crippen LogP contribution in [-0.2, 0) is 4.79 Å². The topological polar surface area (TPSA) is 29.1 Å². The highest BCUT2D eigenvalue weighted by atomic mass is 127. The number of hydrogen-bond donors (Lipinski definition) is 1. The molecule has 0 aliphatic rings. The predicted molar refractivity (Wildman–Crippen MR) is 69.8 cm³/mol. The Morgan fingerprint density at radius 2 is 1.71 bits per heavy atom. The standard InChI is InChI=1S/C11H22INO/c1-7-8(11(5,6)12)9(14)13-10(2,3)4/h8H,7H2,1-6H3,(H,13,14). The molecule has 0 aromatic carbocycles. The summed E-state index contributed by atoms with van der Waals surface area (Å²) in [6.07, 6.45) is 0.887. The van der Waals surface area contributed by atoms with Crippen molar-refractivity contribution in [1.82, 2.24) is 5.32 Å². The molecule has 0 aliphatic heterocycles. The lowest BCUT2D eigenvalue weighted by molar-refractivity contribution is -0.127. The molecule has 14 heavy (non-hydrogen) atoms. The molecule has 84 valence electrons. The molecule has 0 rings (SSSR count). The van der Waals surface area contributed by atoms with Gasteiger partial charge in [0.1, 0.15) is 0 Å². The Hall–Kier alpha value is 0.200. The molecule has 0 radical (unpaired) electrons. The van der Waals surface area contributed by atoms with Crippen LogP contribution in [0.5, 0.6) is 0 Å². The summed E-state index contributed by atoms with van der Waals surface area (Å²) in [5.74, 6) is 0.252. The van der Waals surface area contributed by atoms with Gasteiger partial charge in [0.25, 0.3) is 0 Å². The second kappa shape index (κ2) is 4.81. The normalized spacial score (nSPS) is 15.1. The molecule has 1 atom stereocenters. The predicted octanol–water partition coefficient (Wildman–Crippen LogP) is 3.14. The van der Waals surface area contributed by atoms with E-state index in [1.807, 2.05) is 20.8 Å². The summed E-state index contributed by atoms with van der Waals surface area (Å²) in [6.45, 7) is 12.3. The second-order valence-electron chi connectivity index (χ2n) is 5.26. The van der Waals surface area contributed by atoms with Crippen LogP contribution < -0.4 is 5.32 Å². The number of carbonyl (C=O) groups is 1. The van der Waals surface area contributed by atoms with Crippen molar-refractivity contribution in [2.45, 2.75) is 56.9 Å². The van der Waals surface area contributed by atoms with E-state index in [4.69, 9.17) is 0 Å². The molecule has 0 aromatic heterocycles. The lowest BCUT2D eigenvalue weighted by Crippen LogP contribution is -2.47. The number of rotatable bonds is 3. The van der Waals surface area contributed by atoms with E-state index in [1.54, 1.807) is 0 Å². The van der Waals surface area contributed by atoms with Crippen LogP contribution in [0, 0.1) is 5.92 Å². The van der Waals surface area contributed by atoms with Gasteiger partial charge in [-0.3, -0.25) is 4.79 Å². The molecule has 1 amide bonds. The third-order valence-electron chi connectivity index (χ3n) is 2.05. The Morgan fingerprint density at radius 3 is 1.93 bits per heavy atom. The van der Waals surface area contributed by atoms with Crippen molar-refractivity contribution in [3.63, 3.8) is 0 Å². The SMILES string of the molecule is CCC(C(=O)NC(C)(C)C)C(C)(C)I. The maximum Gasteiger partial charge on any atom is 0.224 e. The molecule has 0 heterocycles. The summed E-state index contributed by atoms with van der Waals surface area (Å²) in [4.78, 5) is 11.9. The summed E-state index contributed by atoms with van der Waals surface area (Å²) >= 11 is 2.34. The Labute approximate surface area is 101 Å². The quantitative estimate of drug-likeness (QED) is 0.630. The number of alkyl halides is 1. The van der Waals surface area contributed by atoms with E-state index in [9.17, 15) is 4.79 Å². The van der Waals surface area contributed by atoms with E-state index in [1.165, 1.54) is 0 Å². The van der Waals surface area contributed by atoms with Crippen molar-refractivity contribution in [2.75, 3.05) is 0 Å². The van der Waals surface area contributed by atoms with Crippen LogP contribution in [0.25, 0.3) is 0 Å². The van der Waals surface area contributed by atoms with Crippen molar-refractivity contribution in [3.05, 3.63) is 0 Å². The van der Waals surface area contributed by atoms with Crippen molar-refractivity contribution in [1.29, 1.82) is 0 Å². The highest BCUT2D eigenvalue weighted by Gasteiger charge is 2.32. The summed E-state index contributed by atoms with van der Waals surface area (Å²) in [7, 11) is 0. The lowest BCUT2D eigenvalue weighted by Gasteiger charge is -2.30. The van der Waals surface area contributed by atoms with Gasteiger partial charge < -0.3 is 5.32 Å². The van der Waals surface area contributed by atoms with E-state index in [-0.39, 0.29) is 20.8 Å². The fraction of sp³-hybridized carbons (Fsp3) is 0.909. The van der Waals surface area contributed by atoms with Gasteiger partial charge >= 0.3 is 0 Å². The molecule has 3 heteroatoms. The van der Waals surface area contributed by atoms with Gasteiger partial charge in [0.05, 0.1) is 5.92 Å². The van der Waals surface area contributed by atoms with Gasteiger partial charge in [-0.25, -0.2) is 0 Å². The number of amides is 1. The first-order chi connectivity index (χ1) is 6.08. The minimum Gasteiger partial charge on any atom is -0.351 e. The van der Waals surface area contributed by atoms with Crippen LogP contribution in [0.15, 0.2) is 0 Å². The Balaban J connectivity index is 4.50. The third kappa shape index (κ3) is 5.17. The molecule has 2 nitrogen and oxygen atoms in total. The van der Waals surface area contributed by atoms with Crippen LogP contribution in [0.3, 0.4) is 0 Å². The Bertz CT molecular complexity index is 200. The van der Waals surface area contributed by atoms with Gasteiger partial charge in [-0.05, 0) is 27.2 Å². The minimum absolute atomic E-state index is 0.0157. The van der Waals surface area contributed by atoms with E-state index >= 15 is 0 Å². The fourth-order valence-corrected chi connectivity index (χ4v) is 2.16. The van der Waals surface area contributed by atoms with Crippen LogP contribution in [0.1, 0.15) is 48.0 Å².